The first-order valence-electron chi connectivity index (χ1n) is 10.6. The molecule has 0 radical (unpaired) electrons. The average molecular weight is 488 g/mol. The Balaban J connectivity index is 1.69. The summed E-state index contributed by atoms with van der Waals surface area (Å²) in [6.45, 7) is 6.19. The van der Waals surface area contributed by atoms with Crippen molar-refractivity contribution in [2.45, 2.75) is 33.2 Å². The van der Waals surface area contributed by atoms with Gasteiger partial charge in [0.25, 0.3) is 0 Å². The predicted octanol–water partition coefficient (Wildman–Crippen LogP) is 5.43. The van der Waals surface area contributed by atoms with Crippen LogP contribution in [0.3, 0.4) is 0 Å². The Labute approximate surface area is 201 Å². The second kappa shape index (κ2) is 11.6. The van der Waals surface area contributed by atoms with E-state index in [4.69, 9.17) is 16.3 Å². The second-order valence-electron chi connectivity index (χ2n) is 7.30. The number of carbonyl (C=O) groups is 2. The van der Waals surface area contributed by atoms with Crippen LogP contribution in [0.15, 0.2) is 48.5 Å². The summed E-state index contributed by atoms with van der Waals surface area (Å²) < 4.78 is 5.54. The van der Waals surface area contributed by atoms with Gasteiger partial charge in [0, 0.05) is 10.6 Å². The molecule has 2 aromatic carbocycles. The molecule has 1 aromatic heterocycles. The molecule has 3 rings (SSSR count). The number of benzene rings is 2. The van der Waals surface area contributed by atoms with Crippen LogP contribution >= 0.6 is 22.9 Å². The Morgan fingerprint density at radius 1 is 1.09 bits per heavy atom. The lowest BCUT2D eigenvalue weighted by atomic mass is 9.98. The molecule has 0 fully saturated rings. The molecule has 8 nitrogen and oxygen atoms in total. The van der Waals surface area contributed by atoms with Crippen LogP contribution in [0.25, 0.3) is 10.6 Å². The third kappa shape index (κ3) is 6.66. The molecule has 2 unspecified atom stereocenters. The third-order valence-corrected chi connectivity index (χ3v) is 6.07. The van der Waals surface area contributed by atoms with Crippen molar-refractivity contribution in [2.24, 2.45) is 5.92 Å². The number of hydrogen-bond donors (Lipinski definition) is 3. The number of rotatable bonds is 9. The van der Waals surface area contributed by atoms with Crippen molar-refractivity contribution in [1.29, 1.82) is 0 Å². The molecule has 3 amide bonds. The molecule has 0 saturated carbocycles. The summed E-state index contributed by atoms with van der Waals surface area (Å²) in [6, 6.07) is 13.1. The molecule has 2 atom stereocenters. The van der Waals surface area contributed by atoms with E-state index in [-0.39, 0.29) is 11.8 Å². The van der Waals surface area contributed by atoms with Crippen LogP contribution in [0.1, 0.15) is 27.2 Å². The van der Waals surface area contributed by atoms with E-state index in [9.17, 15) is 9.59 Å². The smallest absolute Gasteiger partial charge is 0.320 e. The van der Waals surface area contributed by atoms with Crippen molar-refractivity contribution in [3.63, 3.8) is 0 Å². The molecule has 0 bridgehead atoms. The van der Waals surface area contributed by atoms with Gasteiger partial charge >= 0.3 is 6.03 Å². The van der Waals surface area contributed by atoms with Gasteiger partial charge < -0.3 is 15.4 Å². The van der Waals surface area contributed by atoms with E-state index in [1.54, 1.807) is 30.3 Å². The van der Waals surface area contributed by atoms with E-state index in [0.29, 0.717) is 39.6 Å². The fourth-order valence-corrected chi connectivity index (χ4v) is 3.98. The maximum absolute atomic E-state index is 13.0. The summed E-state index contributed by atoms with van der Waals surface area (Å²) in [6.07, 6.45) is 0.692. The number of anilines is 2. The monoisotopic (exact) mass is 487 g/mol. The number of para-hydroxylation sites is 2. The number of hydrogen-bond acceptors (Lipinski definition) is 6. The van der Waals surface area contributed by atoms with Crippen molar-refractivity contribution in [1.82, 2.24) is 15.5 Å². The number of nitrogens with one attached hydrogen (secondary N) is 3. The van der Waals surface area contributed by atoms with Crippen molar-refractivity contribution in [3.8, 4) is 16.3 Å². The first-order chi connectivity index (χ1) is 15.9. The summed E-state index contributed by atoms with van der Waals surface area (Å²) in [7, 11) is 0. The van der Waals surface area contributed by atoms with Gasteiger partial charge in [0.2, 0.25) is 11.0 Å². The number of ether oxygens (including phenoxy) is 1. The number of nitrogens with zero attached hydrogens (tertiary/aromatic N) is 2. The van der Waals surface area contributed by atoms with E-state index in [0.717, 1.165) is 5.56 Å². The van der Waals surface area contributed by atoms with E-state index >= 15 is 0 Å². The number of urea groups is 1. The zero-order valence-electron chi connectivity index (χ0n) is 18.6. The summed E-state index contributed by atoms with van der Waals surface area (Å²) in [5, 5.41) is 18.1. The fraction of sp³-hybridized carbons (Fsp3) is 0.304. The number of halogens is 1. The lowest BCUT2D eigenvalue weighted by Crippen LogP contribution is -2.49. The molecule has 10 heteroatoms. The summed E-state index contributed by atoms with van der Waals surface area (Å²) in [4.78, 5) is 25.7. The van der Waals surface area contributed by atoms with Crippen LogP contribution in [0.4, 0.5) is 15.6 Å². The lowest BCUT2D eigenvalue weighted by Gasteiger charge is -2.23. The van der Waals surface area contributed by atoms with E-state index in [1.165, 1.54) is 11.3 Å². The van der Waals surface area contributed by atoms with Gasteiger partial charge in [-0.2, -0.15) is 0 Å². The third-order valence-electron chi connectivity index (χ3n) is 4.94. The Morgan fingerprint density at radius 3 is 2.61 bits per heavy atom. The Bertz CT molecular complexity index is 1110. The molecule has 0 aliphatic carbocycles. The number of carbonyl (C=O) groups excluding carboxylic acids is 2. The summed E-state index contributed by atoms with van der Waals surface area (Å²) >= 11 is 7.28. The van der Waals surface area contributed by atoms with Crippen molar-refractivity contribution in [3.05, 3.63) is 53.6 Å². The van der Waals surface area contributed by atoms with Crippen LogP contribution in [0, 0.1) is 5.92 Å². The summed E-state index contributed by atoms with van der Waals surface area (Å²) in [5.41, 5.74) is 1.33. The highest BCUT2D eigenvalue weighted by Crippen LogP contribution is 2.28. The molecule has 0 saturated heterocycles. The average Bonchev–Trinajstić information content (AvgIpc) is 3.27. The van der Waals surface area contributed by atoms with Gasteiger partial charge in [-0.05, 0) is 37.1 Å². The van der Waals surface area contributed by atoms with Gasteiger partial charge in [0.15, 0.2) is 0 Å². The zero-order valence-corrected chi connectivity index (χ0v) is 20.2. The van der Waals surface area contributed by atoms with Crippen LogP contribution < -0.4 is 20.7 Å². The SMILES string of the molecule is CCOc1ccccc1NC(=O)NC(C(=O)Nc1nnc(-c2cccc(Cl)c2)s1)C(C)CC. The van der Waals surface area contributed by atoms with Gasteiger partial charge in [-0.1, -0.05) is 67.5 Å². The van der Waals surface area contributed by atoms with Crippen molar-refractivity contribution in [2.75, 3.05) is 17.2 Å². The second-order valence-corrected chi connectivity index (χ2v) is 8.72. The number of aromatic nitrogens is 2. The van der Waals surface area contributed by atoms with Gasteiger partial charge in [-0.15, -0.1) is 10.2 Å². The Hall–Kier alpha value is -3.17. The quantitative estimate of drug-likeness (QED) is 0.373. The van der Waals surface area contributed by atoms with Crippen LogP contribution in [-0.4, -0.2) is 34.8 Å². The van der Waals surface area contributed by atoms with E-state index in [2.05, 4.69) is 26.1 Å². The highest BCUT2D eigenvalue weighted by atomic mass is 35.5. The first-order valence-corrected chi connectivity index (χ1v) is 11.8. The van der Waals surface area contributed by atoms with Gasteiger partial charge in [-0.3, -0.25) is 10.1 Å². The largest absolute Gasteiger partial charge is 0.492 e. The molecule has 3 N–H and O–H groups in total. The van der Waals surface area contributed by atoms with Crippen LogP contribution in [0.5, 0.6) is 5.75 Å². The van der Waals surface area contributed by atoms with Crippen molar-refractivity contribution >= 4 is 45.7 Å². The molecule has 0 aliphatic rings. The fourth-order valence-electron chi connectivity index (χ4n) is 3.05. The molecule has 1 heterocycles. The molecule has 3 aromatic rings. The van der Waals surface area contributed by atoms with Crippen molar-refractivity contribution < 1.29 is 14.3 Å². The van der Waals surface area contributed by atoms with Gasteiger partial charge in [0.05, 0.1) is 12.3 Å². The molecule has 0 spiro atoms. The molecular weight excluding hydrogens is 462 g/mol. The van der Waals surface area contributed by atoms with E-state index < -0.39 is 12.1 Å². The highest BCUT2D eigenvalue weighted by Gasteiger charge is 2.27. The van der Waals surface area contributed by atoms with Crippen LogP contribution in [0.2, 0.25) is 5.02 Å². The normalized spacial score (nSPS) is 12.5. The van der Waals surface area contributed by atoms with Crippen LogP contribution in [-0.2, 0) is 4.79 Å². The first kappa shape index (κ1) is 24.5. The zero-order chi connectivity index (χ0) is 23.8. The van der Waals surface area contributed by atoms with Gasteiger partial charge in [-0.25, -0.2) is 4.79 Å². The van der Waals surface area contributed by atoms with Gasteiger partial charge in [0.1, 0.15) is 16.8 Å². The minimum absolute atomic E-state index is 0.113. The summed E-state index contributed by atoms with van der Waals surface area (Å²) in [5.74, 6) is 0.0756. The lowest BCUT2D eigenvalue weighted by molar-refractivity contribution is -0.119. The molecule has 174 valence electrons. The maximum Gasteiger partial charge on any atom is 0.320 e. The highest BCUT2D eigenvalue weighted by molar-refractivity contribution is 7.18. The molecule has 0 aliphatic heterocycles. The Morgan fingerprint density at radius 2 is 1.88 bits per heavy atom. The minimum Gasteiger partial charge on any atom is -0.492 e. The topological polar surface area (TPSA) is 105 Å². The minimum atomic E-state index is -0.771. The molecule has 33 heavy (non-hydrogen) atoms. The molecular formula is C23H26ClN5O3S. The predicted molar refractivity (Wildman–Crippen MR) is 132 cm³/mol. The van der Waals surface area contributed by atoms with E-state index in [1.807, 2.05) is 39.0 Å². The number of amides is 3. The standard InChI is InChI=1S/C23H26ClN5O3S/c1-4-14(3)19(26-22(31)25-17-11-6-7-12-18(17)32-5-2)20(30)27-23-29-28-21(33-23)15-9-8-10-16(24)13-15/h6-14,19H,4-5H2,1-3H3,(H2,25,26,31)(H,27,29,30). The Kier molecular flexibility index (Phi) is 8.62. The maximum atomic E-state index is 13.0.